The summed E-state index contributed by atoms with van der Waals surface area (Å²) in [5.41, 5.74) is 6.75. The Hall–Kier alpha value is -3.07. The van der Waals surface area contributed by atoms with E-state index in [1.165, 1.54) is 12.1 Å². The lowest BCUT2D eigenvalue weighted by molar-refractivity contribution is -0.137. The third-order valence-electron chi connectivity index (χ3n) is 4.19. The number of ether oxygens (including phenoxy) is 2. The summed E-state index contributed by atoms with van der Waals surface area (Å²) in [6.45, 7) is 4.73. The van der Waals surface area contributed by atoms with Gasteiger partial charge in [-0.1, -0.05) is 18.2 Å². The quantitative estimate of drug-likeness (QED) is 0.610. The molecule has 1 heterocycles. The molecule has 3 aromatic rings. The van der Waals surface area contributed by atoms with Crippen molar-refractivity contribution in [2.75, 3.05) is 13.2 Å². The summed E-state index contributed by atoms with van der Waals surface area (Å²) in [7, 11) is 0. The van der Waals surface area contributed by atoms with Crippen LogP contribution in [-0.4, -0.2) is 28.4 Å². The number of hydrogen-bond acceptors (Lipinski definition) is 5. The van der Waals surface area contributed by atoms with E-state index in [0.717, 1.165) is 17.7 Å². The maximum Gasteiger partial charge on any atom is 0.416 e. The number of rotatable bonds is 7. The molecule has 9 heteroatoms. The first-order valence-electron chi connectivity index (χ1n) is 9.08. The number of hydrogen-bond donors (Lipinski definition) is 2. The van der Waals surface area contributed by atoms with E-state index in [2.05, 4.69) is 15.2 Å². The van der Waals surface area contributed by atoms with Crippen LogP contribution in [0.25, 0.3) is 11.4 Å². The van der Waals surface area contributed by atoms with Gasteiger partial charge in [-0.25, -0.2) is 4.98 Å². The standard InChI is InChI=1S/C20H21F3N4O2/c1-3-28-15-10-7-13(11-16(15)29-4-2)17(24)19-25-18(26-27-19)12-5-8-14(9-6-12)20(21,22)23/h5-11,17H,3-4,24H2,1-2H3,(H,25,26,27)/t17-/m0/s1. The number of halogens is 3. The Labute approximate surface area is 165 Å². The van der Waals surface area contributed by atoms with Crippen LogP contribution in [0.15, 0.2) is 42.5 Å². The molecule has 2 aromatic carbocycles. The fourth-order valence-corrected chi connectivity index (χ4v) is 2.77. The molecule has 0 fully saturated rings. The number of aromatic nitrogens is 3. The highest BCUT2D eigenvalue weighted by atomic mass is 19.4. The van der Waals surface area contributed by atoms with E-state index < -0.39 is 17.8 Å². The Kier molecular flexibility index (Phi) is 6.07. The van der Waals surface area contributed by atoms with E-state index in [-0.39, 0.29) is 5.82 Å². The maximum atomic E-state index is 12.7. The molecule has 0 saturated carbocycles. The first-order valence-corrected chi connectivity index (χ1v) is 9.08. The lowest BCUT2D eigenvalue weighted by Gasteiger charge is -2.14. The summed E-state index contributed by atoms with van der Waals surface area (Å²) in [5, 5.41) is 6.84. The van der Waals surface area contributed by atoms with Gasteiger partial charge in [0.05, 0.1) is 24.8 Å². The van der Waals surface area contributed by atoms with Crippen molar-refractivity contribution in [1.29, 1.82) is 0 Å². The van der Waals surface area contributed by atoms with Crippen LogP contribution in [0.4, 0.5) is 13.2 Å². The zero-order chi connectivity index (χ0) is 21.0. The van der Waals surface area contributed by atoms with Gasteiger partial charge >= 0.3 is 6.18 Å². The number of H-pyrrole nitrogens is 1. The van der Waals surface area contributed by atoms with Crippen LogP contribution in [0.2, 0.25) is 0 Å². The first kappa shape index (κ1) is 20.7. The summed E-state index contributed by atoms with van der Waals surface area (Å²) in [4.78, 5) is 4.34. The molecular weight excluding hydrogens is 385 g/mol. The van der Waals surface area contributed by atoms with Crippen molar-refractivity contribution in [3.8, 4) is 22.9 Å². The van der Waals surface area contributed by atoms with Gasteiger partial charge in [0.25, 0.3) is 0 Å². The molecule has 0 amide bonds. The van der Waals surface area contributed by atoms with E-state index in [4.69, 9.17) is 15.2 Å². The molecule has 1 aromatic heterocycles. The van der Waals surface area contributed by atoms with Gasteiger partial charge in [0.1, 0.15) is 5.82 Å². The smallest absolute Gasteiger partial charge is 0.416 e. The van der Waals surface area contributed by atoms with E-state index in [9.17, 15) is 13.2 Å². The van der Waals surface area contributed by atoms with Crippen LogP contribution < -0.4 is 15.2 Å². The van der Waals surface area contributed by atoms with E-state index >= 15 is 0 Å². The maximum absolute atomic E-state index is 12.7. The van der Waals surface area contributed by atoms with Gasteiger partial charge in [-0.3, -0.25) is 5.10 Å². The molecule has 3 rings (SSSR count). The SMILES string of the molecule is CCOc1ccc([C@H](N)c2nc(-c3ccc(C(F)(F)F)cc3)n[nH]2)cc1OCC. The second kappa shape index (κ2) is 8.52. The molecule has 0 aliphatic heterocycles. The van der Waals surface area contributed by atoms with Crippen molar-refractivity contribution in [2.24, 2.45) is 5.73 Å². The molecule has 0 aliphatic carbocycles. The second-order valence-corrected chi connectivity index (χ2v) is 6.17. The molecule has 0 spiro atoms. The summed E-state index contributed by atoms with van der Waals surface area (Å²) in [6.07, 6.45) is -4.39. The fourth-order valence-electron chi connectivity index (χ4n) is 2.77. The Morgan fingerprint density at radius 1 is 1.00 bits per heavy atom. The van der Waals surface area contributed by atoms with Crippen molar-refractivity contribution in [1.82, 2.24) is 15.2 Å². The van der Waals surface area contributed by atoms with Gasteiger partial charge in [0, 0.05) is 5.56 Å². The summed E-state index contributed by atoms with van der Waals surface area (Å²) >= 11 is 0. The molecule has 29 heavy (non-hydrogen) atoms. The van der Waals surface area contributed by atoms with Crippen LogP contribution in [-0.2, 0) is 6.18 Å². The summed E-state index contributed by atoms with van der Waals surface area (Å²) in [5.74, 6) is 1.84. The van der Waals surface area contributed by atoms with Crippen molar-refractivity contribution in [3.05, 3.63) is 59.4 Å². The monoisotopic (exact) mass is 406 g/mol. The van der Waals surface area contributed by atoms with Crippen LogP contribution in [0, 0.1) is 0 Å². The van der Waals surface area contributed by atoms with Gasteiger partial charge in [-0.05, 0) is 43.7 Å². The Morgan fingerprint density at radius 3 is 2.28 bits per heavy atom. The number of alkyl halides is 3. The number of nitrogens with one attached hydrogen (secondary N) is 1. The van der Waals surface area contributed by atoms with Gasteiger partial charge in [0.15, 0.2) is 17.3 Å². The van der Waals surface area contributed by atoms with Crippen LogP contribution in [0.5, 0.6) is 11.5 Å². The zero-order valence-electron chi connectivity index (χ0n) is 16.0. The van der Waals surface area contributed by atoms with Gasteiger partial charge in [-0.15, -0.1) is 0 Å². The normalized spacial score (nSPS) is 12.6. The van der Waals surface area contributed by atoms with Gasteiger partial charge < -0.3 is 15.2 Å². The number of nitrogens with two attached hydrogens (primary N) is 1. The Morgan fingerprint density at radius 2 is 1.66 bits per heavy atom. The molecule has 154 valence electrons. The highest BCUT2D eigenvalue weighted by Crippen LogP contribution is 2.32. The van der Waals surface area contributed by atoms with Crippen molar-refractivity contribution < 1.29 is 22.6 Å². The van der Waals surface area contributed by atoms with Crippen molar-refractivity contribution in [2.45, 2.75) is 26.1 Å². The molecular formula is C20H21F3N4O2. The molecule has 0 unspecified atom stereocenters. The highest BCUT2D eigenvalue weighted by molar-refractivity contribution is 5.55. The van der Waals surface area contributed by atoms with Gasteiger partial charge in [0.2, 0.25) is 0 Å². The molecule has 1 atom stereocenters. The van der Waals surface area contributed by atoms with Crippen molar-refractivity contribution >= 4 is 0 Å². The van der Waals surface area contributed by atoms with Crippen LogP contribution in [0.1, 0.15) is 36.8 Å². The van der Waals surface area contributed by atoms with E-state index in [1.54, 1.807) is 18.2 Å². The first-order chi connectivity index (χ1) is 13.8. The molecule has 0 radical (unpaired) electrons. The zero-order valence-corrected chi connectivity index (χ0v) is 16.0. The second-order valence-electron chi connectivity index (χ2n) is 6.17. The van der Waals surface area contributed by atoms with E-state index in [0.29, 0.717) is 36.1 Å². The third-order valence-corrected chi connectivity index (χ3v) is 4.19. The Bertz CT molecular complexity index is 955. The van der Waals surface area contributed by atoms with E-state index in [1.807, 2.05) is 13.8 Å². The average molecular weight is 406 g/mol. The largest absolute Gasteiger partial charge is 0.490 e. The highest BCUT2D eigenvalue weighted by Gasteiger charge is 2.30. The number of aromatic amines is 1. The minimum atomic E-state index is -4.39. The lowest BCUT2D eigenvalue weighted by atomic mass is 10.1. The number of benzene rings is 2. The third kappa shape index (κ3) is 4.68. The van der Waals surface area contributed by atoms with Crippen molar-refractivity contribution in [3.63, 3.8) is 0 Å². The van der Waals surface area contributed by atoms with Crippen LogP contribution in [0.3, 0.4) is 0 Å². The minimum Gasteiger partial charge on any atom is -0.490 e. The van der Waals surface area contributed by atoms with Gasteiger partial charge in [-0.2, -0.15) is 18.3 Å². The number of nitrogens with zero attached hydrogens (tertiary/aromatic N) is 2. The lowest BCUT2D eigenvalue weighted by Crippen LogP contribution is -2.14. The predicted octanol–water partition coefficient (Wildman–Crippen LogP) is 4.34. The predicted molar refractivity (Wildman–Crippen MR) is 102 cm³/mol. The minimum absolute atomic E-state index is 0.264. The molecule has 3 N–H and O–H groups in total. The van der Waals surface area contributed by atoms with Crippen LogP contribution >= 0.6 is 0 Å². The summed E-state index contributed by atoms with van der Waals surface area (Å²) in [6, 6.07) is 9.37. The molecule has 0 bridgehead atoms. The Balaban J connectivity index is 1.83. The summed E-state index contributed by atoms with van der Waals surface area (Å²) < 4.78 is 49.3. The molecule has 0 aliphatic rings. The topological polar surface area (TPSA) is 86.0 Å². The molecule has 0 saturated heterocycles. The molecule has 6 nitrogen and oxygen atoms in total. The fraction of sp³-hybridized carbons (Fsp3) is 0.300. The average Bonchev–Trinajstić information content (AvgIpc) is 3.19.